The average molecular weight is 264 g/mol. The Bertz CT molecular complexity index is 351. The van der Waals surface area contributed by atoms with Crippen LogP contribution in [0.25, 0.3) is 0 Å². The van der Waals surface area contributed by atoms with Crippen molar-refractivity contribution in [1.29, 1.82) is 0 Å². The highest BCUT2D eigenvalue weighted by Gasteiger charge is 2.13. The van der Waals surface area contributed by atoms with E-state index in [-0.39, 0.29) is 0 Å². The summed E-state index contributed by atoms with van der Waals surface area (Å²) in [5.74, 6) is 1.85. The Balaban J connectivity index is 1.84. The van der Waals surface area contributed by atoms with Gasteiger partial charge in [0.2, 0.25) is 0 Å². The van der Waals surface area contributed by atoms with Crippen molar-refractivity contribution in [3.8, 4) is 0 Å². The minimum Gasteiger partial charge on any atom is -0.468 e. The Labute approximate surface area is 117 Å². The molecule has 0 unspecified atom stereocenters. The molecule has 0 atom stereocenters. The summed E-state index contributed by atoms with van der Waals surface area (Å²) < 4.78 is 5.68. The third-order valence-electron chi connectivity index (χ3n) is 3.77. The van der Waals surface area contributed by atoms with Crippen LogP contribution in [0.15, 0.2) is 16.7 Å². The predicted octanol–water partition coefficient (Wildman–Crippen LogP) is 3.40. The van der Waals surface area contributed by atoms with Crippen LogP contribution in [0.3, 0.4) is 0 Å². The second kappa shape index (κ2) is 7.71. The van der Waals surface area contributed by atoms with Gasteiger partial charge in [0.1, 0.15) is 5.76 Å². The summed E-state index contributed by atoms with van der Waals surface area (Å²) >= 11 is 0. The van der Waals surface area contributed by atoms with Crippen LogP contribution >= 0.6 is 0 Å². The Kier molecular flexibility index (Phi) is 5.93. The van der Waals surface area contributed by atoms with E-state index in [4.69, 9.17) is 4.42 Å². The lowest BCUT2D eigenvalue weighted by Gasteiger charge is -2.19. The summed E-state index contributed by atoms with van der Waals surface area (Å²) in [7, 11) is 0. The van der Waals surface area contributed by atoms with Crippen molar-refractivity contribution in [3.63, 3.8) is 0 Å². The van der Waals surface area contributed by atoms with Gasteiger partial charge in [0.15, 0.2) is 0 Å². The topological polar surface area (TPSA) is 28.4 Å². The number of furan rings is 1. The highest BCUT2D eigenvalue weighted by Crippen LogP contribution is 2.17. The summed E-state index contributed by atoms with van der Waals surface area (Å²) in [6, 6.07) is 2.11. The lowest BCUT2D eigenvalue weighted by molar-refractivity contribution is 0.251. The number of nitrogens with zero attached hydrogens (tertiary/aromatic N) is 1. The Morgan fingerprint density at radius 1 is 1.21 bits per heavy atom. The molecular weight excluding hydrogens is 236 g/mol. The predicted molar refractivity (Wildman–Crippen MR) is 79.0 cm³/mol. The van der Waals surface area contributed by atoms with E-state index in [0.29, 0.717) is 5.92 Å². The molecule has 1 N–H and O–H groups in total. The van der Waals surface area contributed by atoms with Gasteiger partial charge in [-0.05, 0) is 44.5 Å². The molecular formula is C16H28N2O. The van der Waals surface area contributed by atoms with Gasteiger partial charge in [-0.3, -0.25) is 4.90 Å². The van der Waals surface area contributed by atoms with E-state index in [9.17, 15) is 0 Å². The molecule has 3 heteroatoms. The zero-order valence-electron chi connectivity index (χ0n) is 12.5. The lowest BCUT2D eigenvalue weighted by atomic mass is 10.2. The number of hydrogen-bond acceptors (Lipinski definition) is 3. The first-order chi connectivity index (χ1) is 9.25. The van der Waals surface area contributed by atoms with Gasteiger partial charge in [0.05, 0.1) is 12.8 Å². The molecule has 2 heterocycles. The summed E-state index contributed by atoms with van der Waals surface area (Å²) in [5, 5.41) is 3.50. The van der Waals surface area contributed by atoms with Crippen LogP contribution in [0.1, 0.15) is 50.9 Å². The molecule has 2 rings (SSSR count). The molecule has 0 amide bonds. The number of rotatable bonds is 6. The van der Waals surface area contributed by atoms with E-state index in [1.807, 2.05) is 6.26 Å². The van der Waals surface area contributed by atoms with E-state index in [1.54, 1.807) is 0 Å². The Morgan fingerprint density at radius 2 is 1.95 bits per heavy atom. The molecule has 1 aromatic heterocycles. The van der Waals surface area contributed by atoms with Crippen LogP contribution in [0.2, 0.25) is 0 Å². The van der Waals surface area contributed by atoms with Gasteiger partial charge in [0.25, 0.3) is 0 Å². The lowest BCUT2D eigenvalue weighted by Crippen LogP contribution is -2.25. The molecule has 1 aliphatic heterocycles. The molecule has 0 bridgehead atoms. The normalized spacial score (nSPS) is 17.8. The molecule has 0 aliphatic carbocycles. The van der Waals surface area contributed by atoms with E-state index in [1.165, 1.54) is 44.3 Å². The maximum absolute atomic E-state index is 5.68. The fourth-order valence-corrected chi connectivity index (χ4v) is 2.66. The third kappa shape index (κ3) is 5.00. The molecule has 1 aromatic rings. The van der Waals surface area contributed by atoms with Crippen LogP contribution in [-0.4, -0.2) is 24.5 Å². The molecule has 1 aliphatic rings. The fourth-order valence-electron chi connectivity index (χ4n) is 2.66. The van der Waals surface area contributed by atoms with Crippen molar-refractivity contribution in [1.82, 2.24) is 10.2 Å². The maximum Gasteiger partial charge on any atom is 0.122 e. The average Bonchev–Trinajstić information content (AvgIpc) is 2.64. The van der Waals surface area contributed by atoms with Gasteiger partial charge < -0.3 is 9.73 Å². The highest BCUT2D eigenvalue weighted by atomic mass is 16.3. The monoisotopic (exact) mass is 264 g/mol. The quantitative estimate of drug-likeness (QED) is 0.853. The van der Waals surface area contributed by atoms with Crippen LogP contribution < -0.4 is 5.32 Å². The van der Waals surface area contributed by atoms with Gasteiger partial charge in [-0.15, -0.1) is 0 Å². The second-order valence-corrected chi connectivity index (χ2v) is 6.08. The Hall–Kier alpha value is -0.800. The van der Waals surface area contributed by atoms with Crippen molar-refractivity contribution in [2.75, 3.05) is 19.6 Å². The molecule has 0 spiro atoms. The van der Waals surface area contributed by atoms with E-state index >= 15 is 0 Å². The van der Waals surface area contributed by atoms with Gasteiger partial charge in [-0.25, -0.2) is 0 Å². The molecule has 0 aromatic carbocycles. The van der Waals surface area contributed by atoms with Gasteiger partial charge in [-0.2, -0.15) is 0 Å². The molecule has 108 valence electrons. The molecule has 0 saturated carbocycles. The first-order valence-corrected chi connectivity index (χ1v) is 7.74. The largest absolute Gasteiger partial charge is 0.468 e. The fraction of sp³-hybridized carbons (Fsp3) is 0.750. The van der Waals surface area contributed by atoms with Crippen LogP contribution in [0, 0.1) is 5.92 Å². The summed E-state index contributed by atoms with van der Waals surface area (Å²) in [6.07, 6.45) is 7.28. The van der Waals surface area contributed by atoms with Crippen molar-refractivity contribution >= 4 is 0 Å². The van der Waals surface area contributed by atoms with E-state index < -0.39 is 0 Å². The van der Waals surface area contributed by atoms with Gasteiger partial charge in [-0.1, -0.05) is 26.7 Å². The molecule has 3 nitrogen and oxygen atoms in total. The maximum atomic E-state index is 5.68. The van der Waals surface area contributed by atoms with Crippen molar-refractivity contribution in [2.24, 2.45) is 5.92 Å². The number of hydrogen-bond donors (Lipinski definition) is 1. The molecule has 0 radical (unpaired) electrons. The van der Waals surface area contributed by atoms with Crippen molar-refractivity contribution < 1.29 is 4.42 Å². The van der Waals surface area contributed by atoms with Crippen molar-refractivity contribution in [2.45, 2.75) is 52.6 Å². The minimum atomic E-state index is 0.695. The first kappa shape index (κ1) is 14.6. The zero-order chi connectivity index (χ0) is 13.5. The van der Waals surface area contributed by atoms with Gasteiger partial charge >= 0.3 is 0 Å². The summed E-state index contributed by atoms with van der Waals surface area (Å²) in [5.41, 5.74) is 1.32. The second-order valence-electron chi connectivity index (χ2n) is 6.08. The molecule has 1 saturated heterocycles. The number of nitrogens with one attached hydrogen (secondary N) is 1. The third-order valence-corrected chi connectivity index (χ3v) is 3.77. The van der Waals surface area contributed by atoms with Gasteiger partial charge in [0, 0.05) is 12.1 Å². The Morgan fingerprint density at radius 3 is 2.63 bits per heavy atom. The zero-order valence-corrected chi connectivity index (χ0v) is 12.5. The van der Waals surface area contributed by atoms with Crippen molar-refractivity contribution in [3.05, 3.63) is 23.7 Å². The van der Waals surface area contributed by atoms with E-state index in [0.717, 1.165) is 25.4 Å². The SMILES string of the molecule is CC(C)CNCc1ccoc1CN1CCCCCC1. The van der Waals surface area contributed by atoms with E-state index in [2.05, 4.69) is 30.1 Å². The van der Waals surface area contributed by atoms with Crippen LogP contribution in [0.5, 0.6) is 0 Å². The molecule has 19 heavy (non-hydrogen) atoms. The smallest absolute Gasteiger partial charge is 0.122 e. The first-order valence-electron chi connectivity index (χ1n) is 7.74. The summed E-state index contributed by atoms with van der Waals surface area (Å²) in [6.45, 7) is 9.89. The molecule has 1 fully saturated rings. The van der Waals surface area contributed by atoms with Crippen LogP contribution in [0.4, 0.5) is 0 Å². The van der Waals surface area contributed by atoms with Crippen LogP contribution in [-0.2, 0) is 13.1 Å². The standard InChI is InChI=1S/C16H28N2O/c1-14(2)11-17-12-15-7-10-19-16(15)13-18-8-5-3-4-6-9-18/h7,10,14,17H,3-6,8-9,11-13H2,1-2H3. The minimum absolute atomic E-state index is 0.695. The summed E-state index contributed by atoms with van der Waals surface area (Å²) in [4.78, 5) is 2.54. The number of likely N-dealkylation sites (tertiary alicyclic amines) is 1. The highest BCUT2D eigenvalue weighted by molar-refractivity contribution is 5.16.